The summed E-state index contributed by atoms with van der Waals surface area (Å²) in [4.78, 5) is 94.1. The lowest BCUT2D eigenvalue weighted by atomic mass is 9.90. The number of carbonyl (C=O) groups excluding carboxylic acids is 6. The van der Waals surface area contributed by atoms with Crippen molar-refractivity contribution >= 4 is 51.2 Å². The van der Waals surface area contributed by atoms with Crippen molar-refractivity contribution in [2.75, 3.05) is 91.7 Å². The minimum Gasteiger partial charge on any atom is -0.395 e. The Morgan fingerprint density at radius 2 is 0.986 bits per heavy atom. The Morgan fingerprint density at radius 3 is 1.43 bits per heavy atom. The number of unbranched alkanes of at least 4 members (excludes halogenated alkanes) is 2. The molecule has 388 valence electrons. The molecule has 4 rings (SSSR count). The third kappa shape index (κ3) is 19.4. The number of primary amides is 1. The number of hydrogen-bond acceptors (Lipinski definition) is 12. The molecule has 0 unspecified atom stereocenters. The lowest BCUT2D eigenvalue weighted by Gasteiger charge is -2.32. The van der Waals surface area contributed by atoms with Crippen LogP contribution in [0.25, 0.3) is 0 Å². The zero-order valence-electron chi connectivity index (χ0n) is 41.1. The second-order valence-electron chi connectivity index (χ2n) is 17.3. The number of amides is 6. The van der Waals surface area contributed by atoms with E-state index < -0.39 is 78.3 Å². The van der Waals surface area contributed by atoms with E-state index in [9.17, 15) is 42.3 Å². The summed E-state index contributed by atoms with van der Waals surface area (Å²) in [5, 5.41) is 15.5. The average molecular weight is 1010 g/mol. The Bertz CT molecular complexity index is 2460. The number of rotatable bonds is 31. The fourth-order valence-electron chi connectivity index (χ4n) is 7.84. The highest BCUT2D eigenvalue weighted by atomic mass is 32.2. The van der Waals surface area contributed by atoms with E-state index in [1.807, 2.05) is 91.0 Å². The molecule has 4 aromatic carbocycles. The van der Waals surface area contributed by atoms with Gasteiger partial charge in [0.25, 0.3) is 0 Å². The number of carbonyl (C=O) groups is 6. The van der Waals surface area contributed by atoms with Gasteiger partial charge in [-0.1, -0.05) is 103 Å². The van der Waals surface area contributed by atoms with Crippen molar-refractivity contribution < 1.29 is 42.3 Å². The van der Waals surface area contributed by atoms with Crippen molar-refractivity contribution in [2.24, 2.45) is 27.3 Å². The summed E-state index contributed by atoms with van der Waals surface area (Å²) >= 11 is 0. The molecule has 0 aliphatic carbocycles. The van der Waals surface area contributed by atoms with Crippen molar-refractivity contribution in [1.82, 2.24) is 24.5 Å². The number of sulfonamides is 1. The minimum atomic E-state index is -4.00. The Kier molecular flexibility index (Phi) is 24.2. The van der Waals surface area contributed by atoms with E-state index in [0.717, 1.165) is 21.6 Å². The van der Waals surface area contributed by atoms with Gasteiger partial charge in [0.1, 0.15) is 6.54 Å². The Hall–Kier alpha value is -6.84. The Balaban J connectivity index is 1.69. The fraction of sp³-hybridized carbons (Fsp3) is 0.404. The number of aliphatic hydroxyl groups excluding tert-OH is 1. The first-order valence-electron chi connectivity index (χ1n) is 24.0. The number of aliphatic imine (C=N–C) groups is 1. The van der Waals surface area contributed by atoms with Gasteiger partial charge in [0, 0.05) is 44.4 Å². The number of nitrogens with zero attached hydrogens (tertiary/aromatic N) is 6. The molecule has 0 saturated carbocycles. The predicted molar refractivity (Wildman–Crippen MR) is 276 cm³/mol. The largest absolute Gasteiger partial charge is 0.395 e. The van der Waals surface area contributed by atoms with Crippen molar-refractivity contribution in [1.29, 1.82) is 0 Å². The minimum absolute atomic E-state index is 0.0586. The fourth-order valence-corrected chi connectivity index (χ4v) is 8.35. The third-order valence-corrected chi connectivity index (χ3v) is 12.9. The van der Waals surface area contributed by atoms with E-state index in [4.69, 9.17) is 22.3 Å². The first-order chi connectivity index (χ1) is 34.5. The van der Waals surface area contributed by atoms with Crippen LogP contribution in [0.15, 0.2) is 125 Å². The summed E-state index contributed by atoms with van der Waals surface area (Å²) < 4.78 is 24.0. The van der Waals surface area contributed by atoms with Gasteiger partial charge < -0.3 is 46.8 Å². The van der Waals surface area contributed by atoms with E-state index in [2.05, 4.69) is 4.99 Å². The maximum atomic E-state index is 14.8. The van der Waals surface area contributed by atoms with E-state index in [-0.39, 0.29) is 63.0 Å². The van der Waals surface area contributed by atoms with Crippen LogP contribution < -0.4 is 22.3 Å². The number of aliphatic hydroxyl groups is 1. The summed E-state index contributed by atoms with van der Waals surface area (Å²) in [6.07, 6.45) is 2.17. The monoisotopic (exact) mass is 1010 g/mol. The molecule has 0 aliphatic rings. The molecule has 0 atom stereocenters. The van der Waals surface area contributed by atoms with Crippen molar-refractivity contribution in [2.45, 2.75) is 49.8 Å². The van der Waals surface area contributed by atoms with Crippen molar-refractivity contribution in [3.8, 4) is 0 Å². The summed E-state index contributed by atoms with van der Waals surface area (Å²) in [6, 6.07) is 34.2. The molecule has 0 saturated heterocycles. The molecular weight excluding hydrogens is 941 g/mol. The second kappa shape index (κ2) is 30.1. The maximum Gasteiger partial charge on any atom is 0.244 e. The molecule has 0 heterocycles. The zero-order chi connectivity index (χ0) is 52.5. The first-order valence-corrected chi connectivity index (χ1v) is 25.5. The molecule has 9 N–H and O–H groups in total. The normalized spacial score (nSPS) is 11.5. The first kappa shape index (κ1) is 57.7. The quantitative estimate of drug-likeness (QED) is 0.0354. The molecule has 0 radical (unpaired) electrons. The van der Waals surface area contributed by atoms with Gasteiger partial charge in [0.05, 0.1) is 44.2 Å². The van der Waals surface area contributed by atoms with E-state index in [0.29, 0.717) is 50.0 Å². The molecule has 0 fully saturated rings. The van der Waals surface area contributed by atoms with Gasteiger partial charge in [0.15, 0.2) is 0 Å². The van der Waals surface area contributed by atoms with Gasteiger partial charge in [-0.05, 0) is 86.5 Å². The molecule has 0 spiro atoms. The molecule has 19 nitrogen and oxygen atoms in total. The van der Waals surface area contributed by atoms with Crippen molar-refractivity contribution in [3.05, 3.63) is 138 Å². The van der Waals surface area contributed by atoms with Crippen LogP contribution in [0.2, 0.25) is 0 Å². The summed E-state index contributed by atoms with van der Waals surface area (Å²) in [6.45, 7) is -0.848. The lowest BCUT2D eigenvalue weighted by Crippen LogP contribution is -2.52. The molecule has 4 aromatic rings. The van der Waals surface area contributed by atoms with Gasteiger partial charge in [-0.25, -0.2) is 13.6 Å². The van der Waals surface area contributed by atoms with Gasteiger partial charge in [0.2, 0.25) is 45.5 Å². The summed E-state index contributed by atoms with van der Waals surface area (Å²) in [7, 11) is -4.00. The van der Waals surface area contributed by atoms with E-state index in [1.54, 1.807) is 6.92 Å². The number of primary sulfonamides is 1. The lowest BCUT2D eigenvalue weighted by molar-refractivity contribution is -0.147. The number of benzene rings is 4. The second-order valence-corrected chi connectivity index (χ2v) is 18.9. The molecule has 0 aromatic heterocycles. The Morgan fingerprint density at radius 1 is 0.556 bits per heavy atom. The van der Waals surface area contributed by atoms with Crippen LogP contribution in [-0.4, -0.2) is 171 Å². The van der Waals surface area contributed by atoms with Crippen LogP contribution in [0.3, 0.4) is 0 Å². The van der Waals surface area contributed by atoms with Crippen LogP contribution in [0.5, 0.6) is 0 Å². The van der Waals surface area contributed by atoms with Gasteiger partial charge in [-0.2, -0.15) is 0 Å². The van der Waals surface area contributed by atoms with Crippen LogP contribution in [0, 0.1) is 0 Å². The van der Waals surface area contributed by atoms with E-state index >= 15 is 0 Å². The summed E-state index contributed by atoms with van der Waals surface area (Å²) in [5.41, 5.74) is 20.7. The summed E-state index contributed by atoms with van der Waals surface area (Å²) in [5.74, 6) is -4.07. The number of nitrogens with two attached hydrogens (primary N) is 4. The van der Waals surface area contributed by atoms with Crippen LogP contribution in [-0.2, 0) is 45.2 Å². The molecule has 0 aliphatic heterocycles. The van der Waals surface area contributed by atoms with Crippen molar-refractivity contribution in [3.63, 3.8) is 0 Å². The average Bonchev–Trinajstić information content (AvgIpc) is 3.37. The number of hydrogen-bond donors (Lipinski definition) is 5. The van der Waals surface area contributed by atoms with Crippen LogP contribution >= 0.6 is 0 Å². The van der Waals surface area contributed by atoms with Gasteiger partial charge in [-0.3, -0.25) is 33.8 Å². The Labute approximate surface area is 422 Å². The molecular formula is C52H70N10O9S. The third-order valence-electron chi connectivity index (χ3n) is 11.9. The maximum absolute atomic E-state index is 14.8. The smallest absolute Gasteiger partial charge is 0.244 e. The van der Waals surface area contributed by atoms with Crippen LogP contribution in [0.4, 0.5) is 0 Å². The van der Waals surface area contributed by atoms with Crippen LogP contribution in [0.1, 0.15) is 60.8 Å². The highest BCUT2D eigenvalue weighted by Crippen LogP contribution is 2.26. The molecule has 0 bridgehead atoms. The molecule has 72 heavy (non-hydrogen) atoms. The van der Waals surface area contributed by atoms with Gasteiger partial charge >= 0.3 is 0 Å². The topological polar surface area (TPSA) is 289 Å². The SMILES string of the molecule is CC(=NCC(=O)N(CC(=O)N(CCc1ccc(S(N)(=O)=O)cc1)CC(=O)N(CCO)CC(=O)N(CCCCN)CC(=O)N(CCCCN)CC(N)=O)CC(c1ccccc1)c1ccccc1)c1ccccc1. The predicted octanol–water partition coefficient (Wildman–Crippen LogP) is 1.32. The van der Waals surface area contributed by atoms with Gasteiger partial charge in [-0.15, -0.1) is 0 Å². The highest BCUT2D eigenvalue weighted by Gasteiger charge is 2.30. The zero-order valence-corrected chi connectivity index (χ0v) is 41.9. The molecule has 6 amide bonds. The molecule has 20 heteroatoms. The van der Waals surface area contributed by atoms with E-state index in [1.165, 1.54) is 43.9 Å². The standard InChI is InChI=1S/C52H70N10O9S/c1-40(42-15-5-2-6-16-42)57-33-48(65)62(34-46(43-17-7-3-8-18-43)44-19-9-4-10-20-44)39-52(69)60(30-25-41-21-23-45(24-22-41)72(56,70)71)37-51(68)61(31-32-63)38-50(67)59(29-14-12-27-54)36-49(66)58(35-47(55)64)28-13-11-26-53/h2-10,15-24,46,63H,11-14,25-39,53-54H2,1H3,(H2,55,64)(H2,56,70,71). The highest BCUT2D eigenvalue weighted by molar-refractivity contribution is 7.89.